The Labute approximate surface area is 131 Å². The Morgan fingerprint density at radius 3 is 2.81 bits per heavy atom. The molecule has 1 aromatic rings. The predicted molar refractivity (Wildman–Crippen MR) is 83.2 cm³/mol. The first-order chi connectivity index (χ1) is 9.88. The second-order valence-corrected chi connectivity index (χ2v) is 7.64. The van der Waals surface area contributed by atoms with Crippen LogP contribution in [0.4, 0.5) is 0 Å². The lowest BCUT2D eigenvalue weighted by atomic mass is 9.99. The number of aryl methyl sites for hydroxylation is 1. The number of nitrogens with one attached hydrogen (secondary N) is 2. The minimum absolute atomic E-state index is 0.111. The molecule has 1 heterocycles. The van der Waals surface area contributed by atoms with E-state index in [4.69, 9.17) is 16.3 Å². The molecule has 1 aromatic carbocycles. The van der Waals surface area contributed by atoms with Crippen LogP contribution in [0.5, 0.6) is 0 Å². The van der Waals surface area contributed by atoms with Gasteiger partial charge >= 0.3 is 0 Å². The van der Waals surface area contributed by atoms with E-state index in [-0.39, 0.29) is 22.0 Å². The minimum atomic E-state index is -3.63. The zero-order chi connectivity index (χ0) is 15.5. The number of rotatable bonds is 6. The Balaban J connectivity index is 2.14. The van der Waals surface area contributed by atoms with E-state index < -0.39 is 10.0 Å². The SMILES string of the molecule is COCC1(CNS(=O)(=O)c2ccc(C)cc2Cl)CCCN1. The van der Waals surface area contributed by atoms with Gasteiger partial charge in [-0.25, -0.2) is 13.1 Å². The largest absolute Gasteiger partial charge is 0.383 e. The molecule has 1 unspecified atom stereocenters. The number of ether oxygens (including phenoxy) is 1. The lowest BCUT2D eigenvalue weighted by Crippen LogP contribution is -2.52. The van der Waals surface area contributed by atoms with E-state index in [1.54, 1.807) is 19.2 Å². The van der Waals surface area contributed by atoms with E-state index in [0.717, 1.165) is 24.9 Å². The summed E-state index contributed by atoms with van der Waals surface area (Å²) >= 11 is 6.05. The Kier molecular flexibility index (Phi) is 5.27. The molecule has 1 atom stereocenters. The molecule has 0 aromatic heterocycles. The first kappa shape index (κ1) is 16.7. The predicted octanol–water partition coefficient (Wildman–Crippen LogP) is 1.70. The van der Waals surface area contributed by atoms with E-state index in [0.29, 0.717) is 6.61 Å². The van der Waals surface area contributed by atoms with Crippen LogP contribution in [0.25, 0.3) is 0 Å². The van der Waals surface area contributed by atoms with Crippen molar-refractivity contribution in [2.45, 2.75) is 30.2 Å². The van der Waals surface area contributed by atoms with Gasteiger partial charge in [-0.05, 0) is 44.0 Å². The van der Waals surface area contributed by atoms with Crippen molar-refractivity contribution >= 4 is 21.6 Å². The molecule has 2 N–H and O–H groups in total. The van der Waals surface area contributed by atoms with Crippen molar-refractivity contribution in [3.05, 3.63) is 28.8 Å². The van der Waals surface area contributed by atoms with E-state index in [9.17, 15) is 8.42 Å². The molecule has 0 bridgehead atoms. The molecule has 0 amide bonds. The molecular weight excluding hydrogens is 312 g/mol. The van der Waals surface area contributed by atoms with Gasteiger partial charge in [0, 0.05) is 13.7 Å². The normalized spacial score (nSPS) is 22.6. The highest BCUT2D eigenvalue weighted by atomic mass is 35.5. The molecule has 1 fully saturated rings. The van der Waals surface area contributed by atoms with E-state index in [1.807, 2.05) is 6.92 Å². The monoisotopic (exact) mass is 332 g/mol. The maximum atomic E-state index is 12.4. The van der Waals surface area contributed by atoms with Gasteiger partial charge in [-0.1, -0.05) is 17.7 Å². The Morgan fingerprint density at radius 2 is 2.24 bits per heavy atom. The molecule has 7 heteroatoms. The fourth-order valence-corrected chi connectivity index (χ4v) is 4.33. The average molecular weight is 333 g/mol. The number of benzene rings is 1. The summed E-state index contributed by atoms with van der Waals surface area (Å²) in [7, 11) is -2.01. The summed E-state index contributed by atoms with van der Waals surface area (Å²) in [4.78, 5) is 0.111. The first-order valence-corrected chi connectivity index (χ1v) is 8.74. The smallest absolute Gasteiger partial charge is 0.242 e. The van der Waals surface area contributed by atoms with E-state index in [1.165, 1.54) is 6.07 Å². The summed E-state index contributed by atoms with van der Waals surface area (Å²) in [6.07, 6.45) is 1.89. The third-order valence-electron chi connectivity index (χ3n) is 3.73. The van der Waals surface area contributed by atoms with Gasteiger partial charge in [-0.2, -0.15) is 0 Å². The van der Waals surface area contributed by atoms with Gasteiger partial charge in [0.05, 0.1) is 17.2 Å². The number of hydrogen-bond donors (Lipinski definition) is 2. The molecule has 5 nitrogen and oxygen atoms in total. The molecule has 1 aliphatic rings. The number of halogens is 1. The number of methoxy groups -OCH3 is 1. The molecule has 2 rings (SSSR count). The van der Waals surface area contributed by atoms with E-state index >= 15 is 0 Å². The molecule has 1 aliphatic heterocycles. The molecule has 21 heavy (non-hydrogen) atoms. The second-order valence-electron chi connectivity index (χ2n) is 5.50. The van der Waals surface area contributed by atoms with Crippen LogP contribution in [0.15, 0.2) is 23.1 Å². The van der Waals surface area contributed by atoms with E-state index in [2.05, 4.69) is 10.0 Å². The van der Waals surface area contributed by atoms with Crippen LogP contribution in [0.1, 0.15) is 18.4 Å². The molecule has 0 saturated carbocycles. The van der Waals surface area contributed by atoms with Crippen LogP contribution < -0.4 is 10.0 Å². The highest BCUT2D eigenvalue weighted by Crippen LogP contribution is 2.24. The van der Waals surface area contributed by atoms with Crippen LogP contribution in [-0.4, -0.2) is 40.8 Å². The summed E-state index contributed by atoms with van der Waals surface area (Å²) in [5, 5.41) is 3.57. The van der Waals surface area contributed by atoms with Gasteiger partial charge in [-0.3, -0.25) is 0 Å². The number of hydrogen-bond acceptors (Lipinski definition) is 4. The van der Waals surface area contributed by atoms with Gasteiger partial charge < -0.3 is 10.1 Å². The third-order valence-corrected chi connectivity index (χ3v) is 5.61. The van der Waals surface area contributed by atoms with Crippen molar-refractivity contribution in [2.75, 3.05) is 26.8 Å². The zero-order valence-electron chi connectivity index (χ0n) is 12.3. The fourth-order valence-electron chi connectivity index (χ4n) is 2.60. The summed E-state index contributed by atoms with van der Waals surface area (Å²) in [6.45, 7) is 3.49. The summed E-state index contributed by atoms with van der Waals surface area (Å²) in [5.41, 5.74) is 0.589. The van der Waals surface area contributed by atoms with Crippen molar-refractivity contribution in [1.82, 2.24) is 10.0 Å². The molecule has 1 saturated heterocycles. The second kappa shape index (κ2) is 6.62. The van der Waals surface area contributed by atoms with Gasteiger partial charge in [0.1, 0.15) is 4.90 Å². The zero-order valence-corrected chi connectivity index (χ0v) is 13.9. The topological polar surface area (TPSA) is 67.4 Å². The standard InChI is InChI=1S/C14H21ClN2O3S/c1-11-4-5-13(12(15)8-11)21(18,19)17-9-14(10-20-2)6-3-7-16-14/h4-5,8,16-17H,3,6-7,9-10H2,1-2H3. The molecular formula is C14H21ClN2O3S. The van der Waals surface area contributed by atoms with Crippen molar-refractivity contribution in [3.8, 4) is 0 Å². The highest BCUT2D eigenvalue weighted by molar-refractivity contribution is 7.89. The molecule has 0 spiro atoms. The van der Waals surface area contributed by atoms with Crippen LogP contribution in [0.2, 0.25) is 5.02 Å². The maximum Gasteiger partial charge on any atom is 0.242 e. The molecule has 0 aliphatic carbocycles. The Hall–Kier alpha value is -0.660. The van der Waals surface area contributed by atoms with Crippen molar-refractivity contribution in [3.63, 3.8) is 0 Å². The maximum absolute atomic E-state index is 12.4. The Morgan fingerprint density at radius 1 is 1.48 bits per heavy atom. The van der Waals surface area contributed by atoms with Crippen molar-refractivity contribution in [1.29, 1.82) is 0 Å². The Bertz CT molecular complexity index is 598. The first-order valence-electron chi connectivity index (χ1n) is 6.88. The van der Waals surface area contributed by atoms with Gasteiger partial charge in [-0.15, -0.1) is 0 Å². The summed E-state index contributed by atoms with van der Waals surface area (Å²) in [5.74, 6) is 0. The van der Waals surface area contributed by atoms with Crippen LogP contribution in [0.3, 0.4) is 0 Å². The van der Waals surface area contributed by atoms with Gasteiger partial charge in [0.2, 0.25) is 10.0 Å². The molecule has 0 radical (unpaired) electrons. The lowest BCUT2D eigenvalue weighted by Gasteiger charge is -2.28. The van der Waals surface area contributed by atoms with Crippen molar-refractivity contribution in [2.24, 2.45) is 0 Å². The lowest BCUT2D eigenvalue weighted by molar-refractivity contribution is 0.122. The van der Waals surface area contributed by atoms with Crippen LogP contribution in [0, 0.1) is 6.92 Å². The van der Waals surface area contributed by atoms with Crippen LogP contribution >= 0.6 is 11.6 Å². The number of sulfonamides is 1. The summed E-state index contributed by atoms with van der Waals surface area (Å²) < 4.78 is 32.7. The molecule has 118 valence electrons. The van der Waals surface area contributed by atoms with Gasteiger partial charge in [0.25, 0.3) is 0 Å². The van der Waals surface area contributed by atoms with Crippen molar-refractivity contribution < 1.29 is 13.2 Å². The highest BCUT2D eigenvalue weighted by Gasteiger charge is 2.35. The fraction of sp³-hybridized carbons (Fsp3) is 0.571. The minimum Gasteiger partial charge on any atom is -0.383 e. The van der Waals surface area contributed by atoms with Gasteiger partial charge in [0.15, 0.2) is 0 Å². The average Bonchev–Trinajstić information content (AvgIpc) is 2.86. The van der Waals surface area contributed by atoms with Crippen LogP contribution in [-0.2, 0) is 14.8 Å². The third kappa shape index (κ3) is 3.96. The summed E-state index contributed by atoms with van der Waals surface area (Å²) in [6, 6.07) is 4.92. The quantitative estimate of drug-likeness (QED) is 0.832.